The molecule has 0 N–H and O–H groups in total. The average molecular weight is 368 g/mol. The number of halogens is 3. The van der Waals surface area contributed by atoms with Crippen LogP contribution in [0.25, 0.3) is 5.69 Å². The smallest absolute Gasteiger partial charge is 0.235 e. The zero-order valence-electron chi connectivity index (χ0n) is 11.4. The van der Waals surface area contributed by atoms with Crippen molar-refractivity contribution in [3.63, 3.8) is 0 Å². The summed E-state index contributed by atoms with van der Waals surface area (Å²) in [7, 11) is 1.68. The number of hydrogen-bond donors (Lipinski definition) is 0. The fourth-order valence-corrected chi connectivity index (χ4v) is 4.17. The second-order valence-corrected chi connectivity index (χ2v) is 7.72. The summed E-state index contributed by atoms with van der Waals surface area (Å²) in [6, 6.07) is 4.95. The summed E-state index contributed by atoms with van der Waals surface area (Å²) in [5.41, 5.74) is 1.50. The molecule has 2 aromatic rings. The van der Waals surface area contributed by atoms with Crippen LogP contribution in [-0.2, 0) is 21.9 Å². The lowest BCUT2D eigenvalue weighted by molar-refractivity contribution is 0.607. The van der Waals surface area contributed by atoms with E-state index in [1.54, 1.807) is 18.2 Å². The molecule has 8 heteroatoms. The highest BCUT2D eigenvalue weighted by molar-refractivity contribution is 8.13. The third-order valence-electron chi connectivity index (χ3n) is 3.05. The lowest BCUT2D eigenvalue weighted by atomic mass is 10.2. The van der Waals surface area contributed by atoms with Crippen LogP contribution in [0.3, 0.4) is 0 Å². The predicted octanol–water partition coefficient (Wildman–Crippen LogP) is 4.23. The molecule has 114 valence electrons. The number of benzene rings is 1. The molecule has 0 aliphatic carbocycles. The molecule has 1 aromatic carbocycles. The lowest BCUT2D eigenvalue weighted by Crippen LogP contribution is -2.04. The molecule has 0 radical (unpaired) electrons. The van der Waals surface area contributed by atoms with E-state index in [-0.39, 0.29) is 4.90 Å². The van der Waals surface area contributed by atoms with Gasteiger partial charge in [-0.25, -0.2) is 13.1 Å². The third kappa shape index (κ3) is 3.21. The maximum Gasteiger partial charge on any atom is 0.265 e. The van der Waals surface area contributed by atoms with Crippen molar-refractivity contribution in [2.45, 2.75) is 31.6 Å². The number of aryl methyl sites for hydroxylation is 1. The lowest BCUT2D eigenvalue weighted by Gasteiger charge is -2.09. The second kappa shape index (κ2) is 6.16. The first-order valence-corrected chi connectivity index (χ1v) is 9.37. The molecular formula is C13H13Cl3N2O2S. The molecule has 0 aliphatic heterocycles. The molecule has 0 spiro atoms. The van der Waals surface area contributed by atoms with Crippen LogP contribution in [0.4, 0.5) is 0 Å². The first kappa shape index (κ1) is 16.6. The Labute approximate surface area is 138 Å². The van der Waals surface area contributed by atoms with Crippen molar-refractivity contribution in [3.05, 3.63) is 39.6 Å². The van der Waals surface area contributed by atoms with Crippen molar-refractivity contribution in [2.24, 2.45) is 0 Å². The minimum Gasteiger partial charge on any atom is -0.235 e. The molecule has 0 saturated heterocycles. The van der Waals surface area contributed by atoms with E-state index in [2.05, 4.69) is 5.10 Å². The van der Waals surface area contributed by atoms with Gasteiger partial charge in [-0.2, -0.15) is 5.10 Å². The summed E-state index contributed by atoms with van der Waals surface area (Å²) < 4.78 is 25.2. The van der Waals surface area contributed by atoms with E-state index in [0.29, 0.717) is 40.0 Å². The molecule has 0 bridgehead atoms. The number of rotatable bonds is 4. The number of nitrogens with zero attached hydrogens (tertiary/aromatic N) is 2. The van der Waals surface area contributed by atoms with Crippen molar-refractivity contribution < 1.29 is 8.42 Å². The van der Waals surface area contributed by atoms with Crippen LogP contribution in [0, 0.1) is 0 Å². The second-order valence-electron chi connectivity index (χ2n) is 4.38. The van der Waals surface area contributed by atoms with Crippen LogP contribution >= 0.6 is 33.9 Å². The molecule has 1 aromatic heterocycles. The highest BCUT2D eigenvalue weighted by Gasteiger charge is 2.26. The highest BCUT2D eigenvalue weighted by Crippen LogP contribution is 2.31. The van der Waals surface area contributed by atoms with Gasteiger partial charge in [0.15, 0.2) is 0 Å². The molecule has 0 saturated carbocycles. The van der Waals surface area contributed by atoms with Crippen LogP contribution in [-0.4, -0.2) is 18.2 Å². The molecule has 0 fully saturated rings. The van der Waals surface area contributed by atoms with Gasteiger partial charge in [-0.15, -0.1) is 0 Å². The average Bonchev–Trinajstić information content (AvgIpc) is 2.77. The SMILES string of the molecule is CCc1nn(-c2ccc(Cl)cc2Cl)c(CC)c1S(=O)(=O)Cl. The van der Waals surface area contributed by atoms with Crippen LogP contribution in [0.2, 0.25) is 10.0 Å². The van der Waals surface area contributed by atoms with Crippen LogP contribution in [0.5, 0.6) is 0 Å². The predicted molar refractivity (Wildman–Crippen MR) is 85.4 cm³/mol. The van der Waals surface area contributed by atoms with Gasteiger partial charge in [0.1, 0.15) is 4.90 Å². The largest absolute Gasteiger partial charge is 0.265 e. The standard InChI is InChI=1S/C13H13Cl3N2O2S/c1-3-10-13(21(16,19)20)11(4-2)18(17-10)12-6-5-8(14)7-9(12)15/h5-7H,3-4H2,1-2H3. The van der Waals surface area contributed by atoms with E-state index >= 15 is 0 Å². The Bertz CT molecular complexity index is 785. The third-order valence-corrected chi connectivity index (χ3v) is 5.01. The summed E-state index contributed by atoms with van der Waals surface area (Å²) >= 11 is 12.1. The van der Waals surface area contributed by atoms with Gasteiger partial charge in [0.05, 0.1) is 22.1 Å². The quantitative estimate of drug-likeness (QED) is 0.760. The van der Waals surface area contributed by atoms with Gasteiger partial charge in [0.25, 0.3) is 9.05 Å². The molecule has 4 nitrogen and oxygen atoms in total. The Kier molecular flexibility index (Phi) is 4.88. The Morgan fingerprint density at radius 3 is 2.33 bits per heavy atom. The Morgan fingerprint density at radius 2 is 1.86 bits per heavy atom. The van der Waals surface area contributed by atoms with Crippen molar-refractivity contribution in [1.82, 2.24) is 9.78 Å². The van der Waals surface area contributed by atoms with Crippen molar-refractivity contribution in [1.29, 1.82) is 0 Å². The fourth-order valence-electron chi connectivity index (χ4n) is 2.16. The van der Waals surface area contributed by atoms with Crippen molar-refractivity contribution in [2.75, 3.05) is 0 Å². The molecule has 0 atom stereocenters. The normalized spacial score (nSPS) is 11.9. The molecular weight excluding hydrogens is 355 g/mol. The molecule has 1 heterocycles. The van der Waals surface area contributed by atoms with Crippen molar-refractivity contribution in [3.8, 4) is 5.69 Å². The molecule has 21 heavy (non-hydrogen) atoms. The van der Waals surface area contributed by atoms with Gasteiger partial charge >= 0.3 is 0 Å². The summed E-state index contributed by atoms with van der Waals surface area (Å²) in [5, 5.41) is 5.24. The molecule has 2 rings (SSSR count). The van der Waals surface area contributed by atoms with Gasteiger partial charge in [0, 0.05) is 15.7 Å². The van der Waals surface area contributed by atoms with E-state index in [1.165, 1.54) is 4.68 Å². The minimum atomic E-state index is -3.88. The van der Waals surface area contributed by atoms with E-state index in [1.807, 2.05) is 13.8 Å². The van der Waals surface area contributed by atoms with Gasteiger partial charge < -0.3 is 0 Å². The first-order chi connectivity index (χ1) is 9.79. The van der Waals surface area contributed by atoms with Crippen LogP contribution in [0.1, 0.15) is 25.2 Å². The van der Waals surface area contributed by atoms with Crippen molar-refractivity contribution >= 4 is 42.9 Å². The summed E-state index contributed by atoms with van der Waals surface area (Å²) in [5.74, 6) is 0. The maximum atomic E-state index is 11.8. The number of hydrogen-bond acceptors (Lipinski definition) is 3. The van der Waals surface area contributed by atoms with Crippen LogP contribution in [0.15, 0.2) is 23.1 Å². The van der Waals surface area contributed by atoms with Gasteiger partial charge in [-0.05, 0) is 31.0 Å². The maximum absolute atomic E-state index is 11.8. The monoisotopic (exact) mass is 366 g/mol. The van der Waals surface area contributed by atoms with Gasteiger partial charge in [-0.3, -0.25) is 0 Å². The van der Waals surface area contributed by atoms with E-state index in [9.17, 15) is 8.42 Å². The van der Waals surface area contributed by atoms with E-state index in [4.69, 9.17) is 33.9 Å². The van der Waals surface area contributed by atoms with Crippen LogP contribution < -0.4 is 0 Å². The Hall–Kier alpha value is -0.750. The summed E-state index contributed by atoms with van der Waals surface area (Å²) in [6.45, 7) is 3.66. The zero-order chi connectivity index (χ0) is 15.8. The molecule has 0 amide bonds. The Balaban J connectivity index is 2.79. The summed E-state index contributed by atoms with van der Waals surface area (Å²) in [4.78, 5) is 0.0696. The zero-order valence-corrected chi connectivity index (χ0v) is 14.5. The fraction of sp³-hybridized carbons (Fsp3) is 0.308. The topological polar surface area (TPSA) is 52.0 Å². The minimum absolute atomic E-state index is 0.0696. The highest BCUT2D eigenvalue weighted by atomic mass is 35.7. The van der Waals surface area contributed by atoms with E-state index < -0.39 is 9.05 Å². The van der Waals surface area contributed by atoms with Gasteiger partial charge in [0.2, 0.25) is 0 Å². The first-order valence-electron chi connectivity index (χ1n) is 6.30. The van der Waals surface area contributed by atoms with E-state index in [0.717, 1.165) is 0 Å². The number of aromatic nitrogens is 2. The summed E-state index contributed by atoms with van der Waals surface area (Å²) in [6.07, 6.45) is 0.903. The molecule has 0 aliphatic rings. The Morgan fingerprint density at radius 1 is 1.19 bits per heavy atom. The molecule has 0 unspecified atom stereocenters. The van der Waals surface area contributed by atoms with Gasteiger partial charge in [-0.1, -0.05) is 37.0 Å².